The molecule has 2 aromatic carbocycles. The fraction of sp³-hybridized carbons (Fsp3) is 0.364. The first kappa shape index (κ1) is 17.5. The van der Waals surface area contributed by atoms with Gasteiger partial charge < -0.3 is 4.74 Å². The predicted octanol–water partition coefficient (Wildman–Crippen LogP) is 5.98. The third-order valence-electron chi connectivity index (χ3n) is 4.62. The number of rotatable bonds is 8. The Kier molecular flexibility index (Phi) is 6.18. The lowest BCUT2D eigenvalue weighted by atomic mass is 9.88. The zero-order chi connectivity index (χ0) is 16.7. The fourth-order valence-electron chi connectivity index (χ4n) is 2.75. The maximum absolute atomic E-state index is 6.66. The van der Waals surface area contributed by atoms with Crippen LogP contribution in [0.3, 0.4) is 0 Å². The lowest BCUT2D eigenvalue weighted by molar-refractivity contribution is -0.110. The number of benzene rings is 2. The molecule has 0 heterocycles. The van der Waals surface area contributed by atoms with E-state index in [1.807, 2.05) is 6.08 Å². The van der Waals surface area contributed by atoms with Gasteiger partial charge in [-0.3, -0.25) is 0 Å². The Bertz CT molecular complexity index is 588. The van der Waals surface area contributed by atoms with Gasteiger partial charge in [-0.1, -0.05) is 80.6 Å². The van der Waals surface area contributed by atoms with Gasteiger partial charge in [0.05, 0.1) is 11.7 Å². The van der Waals surface area contributed by atoms with Gasteiger partial charge in [0, 0.05) is 6.42 Å². The molecule has 0 radical (unpaired) electrons. The first-order chi connectivity index (χ1) is 11.0. The molecule has 0 fully saturated rings. The summed E-state index contributed by atoms with van der Waals surface area (Å²) in [6.45, 7) is 10.5. The summed E-state index contributed by atoms with van der Waals surface area (Å²) >= 11 is 0. The maximum atomic E-state index is 6.66. The van der Waals surface area contributed by atoms with Crippen LogP contribution in [0.1, 0.15) is 44.4 Å². The highest BCUT2D eigenvalue weighted by Gasteiger charge is 2.31. The zero-order valence-electron chi connectivity index (χ0n) is 14.5. The Hall–Kier alpha value is -1.86. The summed E-state index contributed by atoms with van der Waals surface area (Å²) in [5, 5.41) is 0. The molecule has 0 spiro atoms. The van der Waals surface area contributed by atoms with Gasteiger partial charge >= 0.3 is 0 Å². The molecule has 1 nitrogen and oxygen atoms in total. The van der Waals surface area contributed by atoms with Gasteiger partial charge in [0.2, 0.25) is 0 Å². The SMILES string of the molecule is C=CC[C@@](C)(O[C@@H](Cc1ccccc1)c1ccccc1)C(C)C. The Morgan fingerprint density at radius 2 is 1.57 bits per heavy atom. The van der Waals surface area contributed by atoms with E-state index in [4.69, 9.17) is 4.74 Å². The van der Waals surface area contributed by atoms with Crippen molar-refractivity contribution in [3.05, 3.63) is 84.4 Å². The van der Waals surface area contributed by atoms with Crippen molar-refractivity contribution in [2.24, 2.45) is 5.92 Å². The Balaban J connectivity index is 2.28. The molecule has 2 aromatic rings. The molecular weight excluding hydrogens is 280 g/mol. The average molecular weight is 308 g/mol. The summed E-state index contributed by atoms with van der Waals surface area (Å²) in [5.41, 5.74) is 2.31. The predicted molar refractivity (Wildman–Crippen MR) is 98.5 cm³/mol. The van der Waals surface area contributed by atoms with Gasteiger partial charge in [0.15, 0.2) is 0 Å². The minimum Gasteiger partial charge on any atom is -0.366 e. The first-order valence-electron chi connectivity index (χ1n) is 8.43. The van der Waals surface area contributed by atoms with Crippen LogP contribution in [0.4, 0.5) is 0 Å². The smallest absolute Gasteiger partial charge is 0.0872 e. The second-order valence-corrected chi connectivity index (χ2v) is 6.67. The molecule has 2 atom stereocenters. The monoisotopic (exact) mass is 308 g/mol. The van der Waals surface area contributed by atoms with E-state index in [0.29, 0.717) is 5.92 Å². The van der Waals surface area contributed by atoms with Crippen molar-refractivity contribution in [1.29, 1.82) is 0 Å². The Morgan fingerprint density at radius 1 is 1.00 bits per heavy atom. The van der Waals surface area contributed by atoms with E-state index in [1.54, 1.807) is 0 Å². The molecule has 0 N–H and O–H groups in total. The minimum absolute atomic E-state index is 0.0472. The standard InChI is InChI=1S/C22H28O/c1-5-16-22(4,18(2)3)23-21(20-14-10-7-11-15-20)17-19-12-8-6-9-13-19/h5-15,18,21H,1,16-17H2,2-4H3/t21-,22+/m0/s1. The number of hydrogen-bond acceptors (Lipinski definition) is 1. The summed E-state index contributed by atoms with van der Waals surface area (Å²) in [6, 6.07) is 21.1. The molecule has 1 heteroatoms. The van der Waals surface area contributed by atoms with Gasteiger partial charge in [0.1, 0.15) is 0 Å². The third-order valence-corrected chi connectivity index (χ3v) is 4.62. The van der Waals surface area contributed by atoms with Crippen LogP contribution < -0.4 is 0 Å². The van der Waals surface area contributed by atoms with E-state index in [-0.39, 0.29) is 11.7 Å². The highest BCUT2D eigenvalue weighted by molar-refractivity contribution is 5.23. The highest BCUT2D eigenvalue weighted by atomic mass is 16.5. The molecule has 0 aromatic heterocycles. The summed E-state index contributed by atoms with van der Waals surface area (Å²) in [7, 11) is 0. The molecule has 2 rings (SSSR count). The highest BCUT2D eigenvalue weighted by Crippen LogP contribution is 2.34. The van der Waals surface area contributed by atoms with Crippen molar-refractivity contribution in [3.63, 3.8) is 0 Å². The number of ether oxygens (including phenoxy) is 1. The van der Waals surface area contributed by atoms with Gasteiger partial charge in [0.25, 0.3) is 0 Å². The van der Waals surface area contributed by atoms with Crippen LogP contribution in [-0.4, -0.2) is 5.60 Å². The van der Waals surface area contributed by atoms with Crippen molar-refractivity contribution >= 4 is 0 Å². The van der Waals surface area contributed by atoms with Crippen molar-refractivity contribution in [2.45, 2.75) is 45.3 Å². The van der Waals surface area contributed by atoms with Crippen molar-refractivity contribution in [2.75, 3.05) is 0 Å². The average Bonchev–Trinajstić information content (AvgIpc) is 2.56. The van der Waals surface area contributed by atoms with E-state index < -0.39 is 0 Å². The molecule has 0 saturated heterocycles. The van der Waals surface area contributed by atoms with Crippen molar-refractivity contribution in [1.82, 2.24) is 0 Å². The van der Waals surface area contributed by atoms with Crippen LogP contribution in [0.5, 0.6) is 0 Å². The van der Waals surface area contributed by atoms with E-state index >= 15 is 0 Å². The summed E-state index contributed by atoms with van der Waals surface area (Å²) < 4.78 is 6.66. The molecule has 0 unspecified atom stereocenters. The van der Waals surface area contributed by atoms with Gasteiger partial charge in [-0.25, -0.2) is 0 Å². The second-order valence-electron chi connectivity index (χ2n) is 6.67. The summed E-state index contributed by atoms with van der Waals surface area (Å²) in [5.74, 6) is 0.419. The third kappa shape index (κ3) is 4.80. The van der Waals surface area contributed by atoms with Crippen LogP contribution >= 0.6 is 0 Å². The second kappa shape index (κ2) is 8.12. The van der Waals surface area contributed by atoms with E-state index in [9.17, 15) is 0 Å². The molecule has 0 aliphatic heterocycles. The van der Waals surface area contributed by atoms with Crippen LogP contribution in [0.15, 0.2) is 73.3 Å². The lowest BCUT2D eigenvalue weighted by Gasteiger charge is -2.37. The Labute approximate surface area is 141 Å². The quantitative estimate of drug-likeness (QED) is 0.545. The Morgan fingerprint density at radius 3 is 2.09 bits per heavy atom. The van der Waals surface area contributed by atoms with Gasteiger partial charge in [-0.2, -0.15) is 0 Å². The molecule has 0 saturated carbocycles. The lowest BCUT2D eigenvalue weighted by Crippen LogP contribution is -2.36. The molecule has 0 aliphatic carbocycles. The summed E-state index contributed by atoms with van der Waals surface area (Å²) in [4.78, 5) is 0. The van der Waals surface area contributed by atoms with E-state index in [2.05, 4.69) is 88.0 Å². The minimum atomic E-state index is -0.211. The summed E-state index contributed by atoms with van der Waals surface area (Å²) in [6.07, 6.45) is 3.74. The van der Waals surface area contributed by atoms with Crippen LogP contribution in [0.2, 0.25) is 0 Å². The molecule has 0 bridgehead atoms. The maximum Gasteiger partial charge on any atom is 0.0872 e. The molecule has 0 aliphatic rings. The first-order valence-corrected chi connectivity index (χ1v) is 8.43. The van der Waals surface area contributed by atoms with Crippen LogP contribution in [0, 0.1) is 5.92 Å². The van der Waals surface area contributed by atoms with E-state index in [0.717, 1.165) is 12.8 Å². The number of hydrogen-bond donors (Lipinski definition) is 0. The van der Waals surface area contributed by atoms with Crippen molar-refractivity contribution in [3.8, 4) is 0 Å². The van der Waals surface area contributed by atoms with E-state index in [1.165, 1.54) is 11.1 Å². The van der Waals surface area contributed by atoms with Crippen LogP contribution in [-0.2, 0) is 11.2 Å². The van der Waals surface area contributed by atoms with Crippen LogP contribution in [0.25, 0.3) is 0 Å². The van der Waals surface area contributed by atoms with Gasteiger partial charge in [-0.05, 0) is 30.4 Å². The topological polar surface area (TPSA) is 9.23 Å². The molecule has 122 valence electrons. The normalized spacial score (nSPS) is 15.1. The molecule has 23 heavy (non-hydrogen) atoms. The van der Waals surface area contributed by atoms with Gasteiger partial charge in [-0.15, -0.1) is 6.58 Å². The zero-order valence-corrected chi connectivity index (χ0v) is 14.5. The van der Waals surface area contributed by atoms with Crippen molar-refractivity contribution < 1.29 is 4.74 Å². The molecule has 0 amide bonds. The fourth-order valence-corrected chi connectivity index (χ4v) is 2.75. The molecular formula is C22H28O. The largest absolute Gasteiger partial charge is 0.366 e.